The Bertz CT molecular complexity index is 713. The van der Waals surface area contributed by atoms with Gasteiger partial charge in [-0.15, -0.1) is 22.7 Å². The molecule has 0 aliphatic heterocycles. The number of aliphatic carboxylic acids is 1. The number of thiophene rings is 1. The van der Waals surface area contributed by atoms with Crippen LogP contribution in [0.5, 0.6) is 0 Å². The van der Waals surface area contributed by atoms with Gasteiger partial charge in [0.1, 0.15) is 0 Å². The van der Waals surface area contributed by atoms with Gasteiger partial charge in [-0.1, -0.05) is 0 Å². The Kier molecular flexibility index (Phi) is 5.02. The molecular weight excluding hydrogens is 308 g/mol. The highest BCUT2D eigenvalue weighted by Gasteiger charge is 2.01. The van der Waals surface area contributed by atoms with E-state index in [1.165, 1.54) is 29.6 Å². The number of thiazole rings is 1. The molecule has 0 unspecified atom stereocenters. The lowest BCUT2D eigenvalue weighted by Crippen LogP contribution is -2.04. The zero-order valence-corrected chi connectivity index (χ0v) is 12.7. The van der Waals surface area contributed by atoms with Crippen molar-refractivity contribution in [2.75, 3.05) is 5.32 Å². The minimum Gasteiger partial charge on any atom is -0.478 e. The average Bonchev–Trinajstić information content (AvgIpc) is 3.02. The number of anilines is 1. The number of carboxylic acid groups (broad SMARTS) is 1. The Morgan fingerprint density at radius 2 is 1.95 bits per heavy atom. The molecule has 7 heteroatoms. The van der Waals surface area contributed by atoms with Crippen molar-refractivity contribution in [2.45, 2.75) is 6.92 Å². The minimum atomic E-state index is -0.964. The second kappa shape index (κ2) is 6.96. The van der Waals surface area contributed by atoms with Gasteiger partial charge < -0.3 is 10.4 Å². The van der Waals surface area contributed by atoms with Gasteiger partial charge in [0.2, 0.25) is 5.91 Å². The van der Waals surface area contributed by atoms with Crippen LogP contribution in [0.4, 0.5) is 5.13 Å². The molecule has 2 aromatic rings. The number of hydrogen-bond acceptors (Lipinski definition) is 5. The Hall–Kier alpha value is -2.25. The summed E-state index contributed by atoms with van der Waals surface area (Å²) in [4.78, 5) is 27.4. The van der Waals surface area contributed by atoms with Crippen molar-refractivity contribution >= 4 is 57.9 Å². The summed E-state index contributed by atoms with van der Waals surface area (Å²) >= 11 is 2.84. The topological polar surface area (TPSA) is 79.3 Å². The maximum atomic E-state index is 10.9. The smallest absolute Gasteiger partial charge is 0.328 e. The number of carbonyl (C=O) groups excluding carboxylic acids is 1. The average molecular weight is 320 g/mol. The lowest BCUT2D eigenvalue weighted by Gasteiger charge is -1.92. The lowest BCUT2D eigenvalue weighted by atomic mass is 10.3. The molecule has 2 N–H and O–H groups in total. The van der Waals surface area contributed by atoms with Crippen LogP contribution in [0.3, 0.4) is 0 Å². The molecule has 1 amide bonds. The fourth-order valence-electron chi connectivity index (χ4n) is 1.44. The van der Waals surface area contributed by atoms with E-state index >= 15 is 0 Å². The molecule has 0 bridgehead atoms. The van der Waals surface area contributed by atoms with Crippen molar-refractivity contribution in [3.8, 4) is 0 Å². The highest BCUT2D eigenvalue weighted by molar-refractivity contribution is 7.14. The zero-order chi connectivity index (χ0) is 15.2. The van der Waals surface area contributed by atoms with Crippen molar-refractivity contribution in [2.24, 2.45) is 0 Å². The molecule has 2 aromatic heterocycles. The van der Waals surface area contributed by atoms with Crippen LogP contribution in [0.25, 0.3) is 18.2 Å². The van der Waals surface area contributed by atoms with E-state index in [1.54, 1.807) is 6.08 Å². The fourth-order valence-corrected chi connectivity index (χ4v) is 2.98. The van der Waals surface area contributed by atoms with Gasteiger partial charge in [0.15, 0.2) is 5.13 Å². The third kappa shape index (κ3) is 4.97. The highest BCUT2D eigenvalue weighted by Crippen LogP contribution is 2.22. The molecule has 2 rings (SSSR count). The van der Waals surface area contributed by atoms with Gasteiger partial charge in [0.05, 0.1) is 5.69 Å². The summed E-state index contributed by atoms with van der Waals surface area (Å²) in [7, 11) is 0. The summed E-state index contributed by atoms with van der Waals surface area (Å²) in [5.74, 6) is -1.11. The molecule has 0 fully saturated rings. The Morgan fingerprint density at radius 3 is 2.62 bits per heavy atom. The molecular formula is C14H12N2O3S2. The van der Waals surface area contributed by atoms with E-state index in [0.717, 1.165) is 21.5 Å². The van der Waals surface area contributed by atoms with Gasteiger partial charge in [-0.05, 0) is 30.4 Å². The highest BCUT2D eigenvalue weighted by atomic mass is 32.1. The van der Waals surface area contributed by atoms with Crippen LogP contribution in [-0.4, -0.2) is 22.0 Å². The number of aromatic nitrogens is 1. The molecule has 0 atom stereocenters. The van der Waals surface area contributed by atoms with E-state index in [4.69, 9.17) is 5.11 Å². The Morgan fingerprint density at radius 1 is 1.24 bits per heavy atom. The standard InChI is InChI=1S/C14H12N2O3S2/c1-9(17)15-14-16-10(8-20-14)2-3-11-4-5-12(21-11)6-7-13(18)19/h2-8H,1H3,(H,18,19)(H,15,16,17)/b3-2+,7-6+. The van der Waals surface area contributed by atoms with Crippen molar-refractivity contribution in [3.63, 3.8) is 0 Å². The first kappa shape index (κ1) is 15.1. The first-order valence-corrected chi connectivity index (χ1v) is 7.64. The largest absolute Gasteiger partial charge is 0.478 e. The summed E-state index contributed by atoms with van der Waals surface area (Å²) < 4.78 is 0. The summed E-state index contributed by atoms with van der Waals surface area (Å²) in [6, 6.07) is 3.76. The fraction of sp³-hybridized carbons (Fsp3) is 0.0714. The van der Waals surface area contributed by atoms with Crippen LogP contribution in [0.15, 0.2) is 23.6 Å². The quantitative estimate of drug-likeness (QED) is 0.827. The Balaban J connectivity index is 2.02. The molecule has 108 valence electrons. The molecule has 0 saturated heterocycles. The number of carboxylic acids is 1. The molecule has 0 saturated carbocycles. The van der Waals surface area contributed by atoms with E-state index in [0.29, 0.717) is 5.13 Å². The molecule has 0 aromatic carbocycles. The van der Waals surface area contributed by atoms with Crippen LogP contribution in [0, 0.1) is 0 Å². The molecule has 0 spiro atoms. The molecule has 5 nitrogen and oxygen atoms in total. The predicted octanol–water partition coefficient (Wildman–Crippen LogP) is 3.43. The Labute approximate surface area is 129 Å². The van der Waals surface area contributed by atoms with Crippen molar-refractivity contribution in [3.05, 3.63) is 39.0 Å². The first-order chi connectivity index (χ1) is 10.0. The van der Waals surface area contributed by atoms with Gasteiger partial charge in [-0.25, -0.2) is 9.78 Å². The predicted molar refractivity (Wildman–Crippen MR) is 86.3 cm³/mol. The van der Waals surface area contributed by atoms with E-state index in [2.05, 4.69) is 10.3 Å². The summed E-state index contributed by atoms with van der Waals surface area (Å²) in [6.07, 6.45) is 6.41. The van der Waals surface area contributed by atoms with Gasteiger partial charge in [0, 0.05) is 28.1 Å². The van der Waals surface area contributed by atoms with E-state index in [9.17, 15) is 9.59 Å². The van der Waals surface area contributed by atoms with E-state index in [-0.39, 0.29) is 5.91 Å². The second-order valence-corrected chi connectivity index (χ2v) is 6.01. The minimum absolute atomic E-state index is 0.145. The van der Waals surface area contributed by atoms with Crippen molar-refractivity contribution < 1.29 is 14.7 Å². The normalized spacial score (nSPS) is 11.3. The van der Waals surface area contributed by atoms with Gasteiger partial charge in [-0.2, -0.15) is 0 Å². The van der Waals surface area contributed by atoms with Gasteiger partial charge in [0.25, 0.3) is 0 Å². The van der Waals surface area contributed by atoms with Crippen LogP contribution >= 0.6 is 22.7 Å². The molecule has 0 radical (unpaired) electrons. The molecule has 21 heavy (non-hydrogen) atoms. The van der Waals surface area contributed by atoms with Gasteiger partial charge in [-0.3, -0.25) is 4.79 Å². The zero-order valence-electron chi connectivity index (χ0n) is 11.1. The number of hydrogen-bond donors (Lipinski definition) is 2. The summed E-state index contributed by atoms with van der Waals surface area (Å²) in [6.45, 7) is 1.44. The van der Waals surface area contributed by atoms with E-state index in [1.807, 2.05) is 29.7 Å². The molecule has 2 heterocycles. The number of amides is 1. The lowest BCUT2D eigenvalue weighted by molar-refractivity contribution is -0.131. The van der Waals surface area contributed by atoms with E-state index < -0.39 is 5.97 Å². The number of nitrogens with zero attached hydrogens (tertiary/aromatic N) is 1. The monoisotopic (exact) mass is 320 g/mol. The molecule has 0 aliphatic rings. The maximum Gasteiger partial charge on any atom is 0.328 e. The SMILES string of the molecule is CC(=O)Nc1nc(/C=C/c2ccc(/C=C/C(=O)O)s2)cs1. The second-order valence-electron chi connectivity index (χ2n) is 4.00. The first-order valence-electron chi connectivity index (χ1n) is 5.95. The van der Waals surface area contributed by atoms with Crippen LogP contribution in [-0.2, 0) is 9.59 Å². The maximum absolute atomic E-state index is 10.9. The summed E-state index contributed by atoms with van der Waals surface area (Å²) in [5, 5.41) is 13.6. The third-order valence-electron chi connectivity index (χ3n) is 2.26. The number of nitrogens with one attached hydrogen (secondary N) is 1. The van der Waals surface area contributed by atoms with Crippen LogP contribution in [0.2, 0.25) is 0 Å². The third-order valence-corrected chi connectivity index (χ3v) is 4.05. The molecule has 0 aliphatic carbocycles. The van der Waals surface area contributed by atoms with Crippen molar-refractivity contribution in [1.82, 2.24) is 4.98 Å². The van der Waals surface area contributed by atoms with Gasteiger partial charge >= 0.3 is 5.97 Å². The van der Waals surface area contributed by atoms with Crippen LogP contribution in [0.1, 0.15) is 22.4 Å². The number of carbonyl (C=O) groups is 2. The van der Waals surface area contributed by atoms with Crippen LogP contribution < -0.4 is 5.32 Å². The summed E-state index contributed by atoms with van der Waals surface area (Å²) in [5.41, 5.74) is 0.764. The van der Waals surface area contributed by atoms with Crippen molar-refractivity contribution in [1.29, 1.82) is 0 Å². The number of rotatable bonds is 5.